The van der Waals surface area contributed by atoms with Gasteiger partial charge in [0.2, 0.25) is 5.91 Å². The maximum Gasteiger partial charge on any atom is 0.242 e. The van der Waals surface area contributed by atoms with Crippen LogP contribution in [0.4, 0.5) is 5.13 Å². The van der Waals surface area contributed by atoms with Crippen molar-refractivity contribution >= 4 is 22.4 Å². The van der Waals surface area contributed by atoms with Crippen LogP contribution >= 0.6 is 11.3 Å². The van der Waals surface area contributed by atoms with Crippen LogP contribution in [0.5, 0.6) is 0 Å². The molecule has 1 rings (SSSR count). The van der Waals surface area contributed by atoms with E-state index < -0.39 is 6.04 Å². The van der Waals surface area contributed by atoms with Crippen LogP contribution in [0.2, 0.25) is 0 Å². The number of amides is 1. The summed E-state index contributed by atoms with van der Waals surface area (Å²) in [4.78, 5) is 16.3. The molecule has 1 amide bonds. The second kappa shape index (κ2) is 4.34. The maximum absolute atomic E-state index is 11.1. The van der Waals surface area contributed by atoms with E-state index in [4.69, 9.17) is 5.73 Å². The quantitative estimate of drug-likeness (QED) is 0.762. The van der Waals surface area contributed by atoms with Crippen molar-refractivity contribution < 1.29 is 4.79 Å². The number of thiazole rings is 1. The summed E-state index contributed by atoms with van der Waals surface area (Å²) < 4.78 is 0. The summed E-state index contributed by atoms with van der Waals surface area (Å²) >= 11 is 1.48. The van der Waals surface area contributed by atoms with Gasteiger partial charge in [-0.1, -0.05) is 6.92 Å². The van der Waals surface area contributed by atoms with Gasteiger partial charge in [-0.25, -0.2) is 4.98 Å². The molecule has 1 aromatic rings. The van der Waals surface area contributed by atoms with Gasteiger partial charge in [-0.3, -0.25) is 4.79 Å². The minimum atomic E-state index is -0.492. The summed E-state index contributed by atoms with van der Waals surface area (Å²) in [6.07, 6.45) is 2.70. The molecule has 0 saturated carbocycles. The summed E-state index contributed by atoms with van der Waals surface area (Å²) in [6.45, 7) is 3.69. The average molecular weight is 199 g/mol. The number of rotatable bonds is 3. The molecule has 4 nitrogen and oxygen atoms in total. The molecule has 3 N–H and O–H groups in total. The number of hydrogen-bond acceptors (Lipinski definition) is 4. The van der Waals surface area contributed by atoms with Gasteiger partial charge < -0.3 is 11.1 Å². The Hall–Kier alpha value is -0.940. The molecule has 0 aliphatic heterocycles. The van der Waals surface area contributed by atoms with Gasteiger partial charge >= 0.3 is 0 Å². The first-order valence-corrected chi connectivity index (χ1v) is 4.96. The highest BCUT2D eigenvalue weighted by Gasteiger charge is 2.09. The number of aromatic nitrogens is 1. The molecule has 0 aliphatic rings. The summed E-state index contributed by atoms with van der Waals surface area (Å²) in [5.74, 6) is -0.197. The largest absolute Gasteiger partial charge is 0.320 e. The SMILES string of the molecule is CCc1cnc(NC(=O)C(C)N)s1. The third-order valence-corrected chi connectivity index (χ3v) is 2.60. The first kappa shape index (κ1) is 10.1. The Labute approximate surface area is 81.2 Å². The van der Waals surface area contributed by atoms with Crippen molar-refractivity contribution in [1.29, 1.82) is 0 Å². The summed E-state index contributed by atoms with van der Waals surface area (Å²) in [5.41, 5.74) is 5.39. The molecule has 1 aromatic heterocycles. The molecule has 0 fully saturated rings. The first-order chi connectivity index (χ1) is 6.13. The van der Waals surface area contributed by atoms with Crippen molar-refractivity contribution in [2.45, 2.75) is 26.3 Å². The number of carbonyl (C=O) groups is 1. The lowest BCUT2D eigenvalue weighted by atomic mass is 10.3. The zero-order valence-corrected chi connectivity index (χ0v) is 8.52. The smallest absolute Gasteiger partial charge is 0.242 e. The predicted octanol–water partition coefficient (Wildman–Crippen LogP) is 0.991. The number of nitrogens with one attached hydrogen (secondary N) is 1. The molecule has 0 aromatic carbocycles. The van der Waals surface area contributed by atoms with Gasteiger partial charge in [0.25, 0.3) is 0 Å². The van der Waals surface area contributed by atoms with E-state index in [1.807, 2.05) is 6.92 Å². The van der Waals surface area contributed by atoms with Crippen LogP contribution in [-0.4, -0.2) is 16.9 Å². The van der Waals surface area contributed by atoms with Crippen molar-refractivity contribution in [2.24, 2.45) is 5.73 Å². The Kier molecular flexibility index (Phi) is 3.39. The molecule has 1 atom stereocenters. The molecule has 0 aliphatic carbocycles. The van der Waals surface area contributed by atoms with Crippen molar-refractivity contribution in [2.75, 3.05) is 5.32 Å². The molecule has 1 heterocycles. The lowest BCUT2D eigenvalue weighted by Crippen LogP contribution is -2.32. The fourth-order valence-corrected chi connectivity index (χ4v) is 1.50. The first-order valence-electron chi connectivity index (χ1n) is 4.14. The highest BCUT2D eigenvalue weighted by atomic mass is 32.1. The number of nitrogens with zero attached hydrogens (tertiary/aromatic N) is 1. The maximum atomic E-state index is 11.1. The minimum Gasteiger partial charge on any atom is -0.320 e. The van der Waals surface area contributed by atoms with E-state index in [0.29, 0.717) is 5.13 Å². The highest BCUT2D eigenvalue weighted by molar-refractivity contribution is 7.15. The van der Waals surface area contributed by atoms with Gasteiger partial charge in [-0.15, -0.1) is 11.3 Å². The van der Waals surface area contributed by atoms with E-state index in [2.05, 4.69) is 10.3 Å². The average Bonchev–Trinajstić information content (AvgIpc) is 2.52. The van der Waals surface area contributed by atoms with Crippen molar-refractivity contribution in [1.82, 2.24) is 4.98 Å². The standard InChI is InChI=1S/C8H13N3OS/c1-3-6-4-10-8(13-6)11-7(12)5(2)9/h4-5H,3,9H2,1-2H3,(H,10,11,12). The van der Waals surface area contributed by atoms with Crippen LogP contribution in [0.1, 0.15) is 18.7 Å². The van der Waals surface area contributed by atoms with E-state index in [1.54, 1.807) is 13.1 Å². The van der Waals surface area contributed by atoms with E-state index in [0.717, 1.165) is 11.3 Å². The molecule has 0 spiro atoms. The predicted molar refractivity (Wildman–Crippen MR) is 53.8 cm³/mol. The number of anilines is 1. The second-order valence-corrected chi connectivity index (χ2v) is 3.88. The number of aryl methyl sites for hydroxylation is 1. The molecule has 0 bridgehead atoms. The Morgan fingerprint density at radius 2 is 2.54 bits per heavy atom. The van der Waals surface area contributed by atoms with Gasteiger partial charge in [0.15, 0.2) is 5.13 Å². The third-order valence-electron chi connectivity index (χ3n) is 1.55. The molecule has 5 heteroatoms. The van der Waals surface area contributed by atoms with Crippen LogP contribution in [0.25, 0.3) is 0 Å². The summed E-state index contributed by atoms with van der Waals surface area (Å²) in [7, 11) is 0. The van der Waals surface area contributed by atoms with Crippen LogP contribution in [0, 0.1) is 0 Å². The molecule has 1 unspecified atom stereocenters. The van der Waals surface area contributed by atoms with E-state index in [-0.39, 0.29) is 5.91 Å². The fourth-order valence-electron chi connectivity index (χ4n) is 0.748. The lowest BCUT2D eigenvalue weighted by Gasteiger charge is -2.03. The lowest BCUT2D eigenvalue weighted by molar-refractivity contribution is -0.117. The van der Waals surface area contributed by atoms with E-state index in [9.17, 15) is 4.79 Å². The number of carbonyl (C=O) groups excluding carboxylic acids is 1. The highest BCUT2D eigenvalue weighted by Crippen LogP contribution is 2.18. The van der Waals surface area contributed by atoms with E-state index in [1.165, 1.54) is 11.3 Å². The topological polar surface area (TPSA) is 68.0 Å². The van der Waals surface area contributed by atoms with Gasteiger partial charge in [0.1, 0.15) is 0 Å². The van der Waals surface area contributed by atoms with Crippen molar-refractivity contribution in [3.8, 4) is 0 Å². The van der Waals surface area contributed by atoms with Gasteiger partial charge in [0, 0.05) is 11.1 Å². The molecular formula is C8H13N3OS. The summed E-state index contributed by atoms with van der Waals surface area (Å²) in [5, 5.41) is 3.26. The van der Waals surface area contributed by atoms with Crippen LogP contribution < -0.4 is 11.1 Å². The second-order valence-electron chi connectivity index (χ2n) is 2.76. The van der Waals surface area contributed by atoms with Crippen LogP contribution in [0.3, 0.4) is 0 Å². The zero-order chi connectivity index (χ0) is 9.84. The number of hydrogen-bond donors (Lipinski definition) is 2. The molecule has 13 heavy (non-hydrogen) atoms. The third kappa shape index (κ3) is 2.78. The normalized spacial score (nSPS) is 12.5. The number of nitrogens with two attached hydrogens (primary N) is 1. The zero-order valence-electron chi connectivity index (χ0n) is 7.70. The fraction of sp³-hybridized carbons (Fsp3) is 0.500. The summed E-state index contributed by atoms with van der Waals surface area (Å²) in [6, 6.07) is -0.492. The molecule has 0 saturated heterocycles. The monoisotopic (exact) mass is 199 g/mol. The van der Waals surface area contributed by atoms with E-state index >= 15 is 0 Å². The Balaban J connectivity index is 2.59. The molecule has 72 valence electrons. The van der Waals surface area contributed by atoms with Crippen LogP contribution in [0.15, 0.2) is 6.20 Å². The van der Waals surface area contributed by atoms with Gasteiger partial charge in [0.05, 0.1) is 6.04 Å². The van der Waals surface area contributed by atoms with Gasteiger partial charge in [-0.2, -0.15) is 0 Å². The Bertz CT molecular complexity index is 295. The Morgan fingerprint density at radius 1 is 1.85 bits per heavy atom. The van der Waals surface area contributed by atoms with Gasteiger partial charge in [-0.05, 0) is 13.3 Å². The Morgan fingerprint density at radius 3 is 3.00 bits per heavy atom. The molecule has 0 radical (unpaired) electrons. The van der Waals surface area contributed by atoms with Crippen molar-refractivity contribution in [3.63, 3.8) is 0 Å². The minimum absolute atomic E-state index is 0.197. The molecular weight excluding hydrogens is 186 g/mol. The van der Waals surface area contributed by atoms with Crippen LogP contribution in [-0.2, 0) is 11.2 Å². The van der Waals surface area contributed by atoms with Crippen molar-refractivity contribution in [3.05, 3.63) is 11.1 Å².